The highest BCUT2D eigenvalue weighted by atomic mass is 16.2. The molecule has 0 unspecified atom stereocenters. The van der Waals surface area contributed by atoms with Gasteiger partial charge < -0.3 is 4.90 Å². The van der Waals surface area contributed by atoms with Crippen LogP contribution in [0.2, 0.25) is 0 Å². The van der Waals surface area contributed by atoms with Gasteiger partial charge in [-0.2, -0.15) is 10.4 Å². The average molecular weight is 371 g/mol. The van der Waals surface area contributed by atoms with Crippen molar-refractivity contribution in [3.05, 3.63) is 70.8 Å². The van der Waals surface area contributed by atoms with Crippen LogP contribution in [0.3, 0.4) is 0 Å². The lowest BCUT2D eigenvalue weighted by molar-refractivity contribution is 0.0733. The number of pyridine rings is 1. The van der Waals surface area contributed by atoms with Gasteiger partial charge in [-0.05, 0) is 35.7 Å². The Labute approximate surface area is 163 Å². The van der Waals surface area contributed by atoms with Gasteiger partial charge >= 0.3 is 0 Å². The van der Waals surface area contributed by atoms with Gasteiger partial charge in [0.05, 0.1) is 5.69 Å². The molecular weight excluding hydrogens is 350 g/mol. The number of fused-ring (bicyclic) bond motifs is 1. The van der Waals surface area contributed by atoms with E-state index in [1.807, 2.05) is 41.3 Å². The zero-order valence-corrected chi connectivity index (χ0v) is 15.9. The van der Waals surface area contributed by atoms with Crippen molar-refractivity contribution in [1.82, 2.24) is 20.1 Å². The Hall–Kier alpha value is -3.46. The molecule has 1 amide bonds. The lowest BCUT2D eigenvalue weighted by Crippen LogP contribution is -2.36. The molecule has 0 spiro atoms. The highest BCUT2D eigenvalue weighted by Crippen LogP contribution is 2.27. The Morgan fingerprint density at radius 2 is 2.11 bits per heavy atom. The molecular formula is C22H21N5O. The minimum absolute atomic E-state index is 0.0185. The van der Waals surface area contributed by atoms with Gasteiger partial charge in [-0.3, -0.25) is 9.89 Å². The van der Waals surface area contributed by atoms with E-state index >= 15 is 0 Å². The first-order chi connectivity index (χ1) is 13.6. The number of amides is 1. The lowest BCUT2D eigenvalue weighted by Gasteiger charge is -2.28. The van der Waals surface area contributed by atoms with Crippen molar-refractivity contribution in [1.29, 1.82) is 5.26 Å². The second-order valence-corrected chi connectivity index (χ2v) is 7.32. The number of H-pyrrole nitrogens is 1. The quantitative estimate of drug-likeness (QED) is 0.761. The molecule has 1 aromatic carbocycles. The Bertz CT molecular complexity index is 1060. The highest BCUT2D eigenvalue weighted by Gasteiger charge is 2.26. The summed E-state index contributed by atoms with van der Waals surface area (Å²) in [5, 5.41) is 16.5. The standard InChI is InChI=1S/C22H21N5O/c1-14(2)21-19-13-27(9-8-20(19)25-26-21)22(28)16-5-3-4-15(10-16)17-6-7-18(11-23)24-12-17/h3-7,10,12,14H,8-9,13H2,1-2H3,(H,25,26). The third-order valence-corrected chi connectivity index (χ3v) is 5.12. The van der Waals surface area contributed by atoms with Gasteiger partial charge in [0, 0.05) is 48.1 Å². The maximum absolute atomic E-state index is 13.1. The SMILES string of the molecule is CC(C)c1n[nH]c2c1CN(C(=O)c1cccc(-c3ccc(C#N)nc3)c1)CC2. The van der Waals surface area contributed by atoms with Crippen LogP contribution in [0, 0.1) is 11.3 Å². The molecule has 4 rings (SSSR count). The Balaban J connectivity index is 1.58. The van der Waals surface area contributed by atoms with E-state index in [0.29, 0.717) is 30.3 Å². The lowest BCUT2D eigenvalue weighted by atomic mass is 9.98. The fraction of sp³-hybridized carbons (Fsp3) is 0.273. The van der Waals surface area contributed by atoms with E-state index in [1.54, 1.807) is 12.3 Å². The number of hydrogen-bond donors (Lipinski definition) is 1. The highest BCUT2D eigenvalue weighted by molar-refractivity contribution is 5.95. The summed E-state index contributed by atoms with van der Waals surface area (Å²) in [6.07, 6.45) is 2.45. The minimum Gasteiger partial charge on any atom is -0.334 e. The molecule has 0 bridgehead atoms. The van der Waals surface area contributed by atoms with Crippen LogP contribution in [-0.4, -0.2) is 32.5 Å². The van der Waals surface area contributed by atoms with Crippen LogP contribution in [0.25, 0.3) is 11.1 Å². The Morgan fingerprint density at radius 1 is 1.25 bits per heavy atom. The summed E-state index contributed by atoms with van der Waals surface area (Å²) >= 11 is 0. The fourth-order valence-electron chi connectivity index (χ4n) is 3.61. The fourth-order valence-corrected chi connectivity index (χ4v) is 3.61. The smallest absolute Gasteiger partial charge is 0.254 e. The van der Waals surface area contributed by atoms with Gasteiger partial charge in [0.15, 0.2) is 0 Å². The molecule has 3 heterocycles. The van der Waals surface area contributed by atoms with E-state index in [0.717, 1.165) is 34.5 Å². The molecule has 140 valence electrons. The van der Waals surface area contributed by atoms with Gasteiger partial charge in [-0.15, -0.1) is 0 Å². The van der Waals surface area contributed by atoms with Crippen molar-refractivity contribution in [3.8, 4) is 17.2 Å². The number of rotatable bonds is 3. The van der Waals surface area contributed by atoms with Crippen molar-refractivity contribution in [2.75, 3.05) is 6.54 Å². The minimum atomic E-state index is 0.0185. The van der Waals surface area contributed by atoms with Crippen LogP contribution in [0.5, 0.6) is 0 Å². The topological polar surface area (TPSA) is 85.7 Å². The monoisotopic (exact) mass is 371 g/mol. The molecule has 3 aromatic rings. The van der Waals surface area contributed by atoms with Crippen molar-refractivity contribution in [3.63, 3.8) is 0 Å². The molecule has 2 aromatic heterocycles. The van der Waals surface area contributed by atoms with Gasteiger partial charge in [0.25, 0.3) is 5.91 Å². The largest absolute Gasteiger partial charge is 0.334 e. The van der Waals surface area contributed by atoms with E-state index in [2.05, 4.69) is 29.0 Å². The zero-order valence-electron chi connectivity index (χ0n) is 15.9. The average Bonchev–Trinajstić information content (AvgIpc) is 3.17. The van der Waals surface area contributed by atoms with Crippen LogP contribution in [0.4, 0.5) is 0 Å². The van der Waals surface area contributed by atoms with E-state index in [4.69, 9.17) is 5.26 Å². The predicted molar refractivity (Wildman–Crippen MR) is 106 cm³/mol. The number of hydrogen-bond acceptors (Lipinski definition) is 4. The van der Waals surface area contributed by atoms with E-state index in [-0.39, 0.29) is 5.91 Å². The molecule has 1 aliphatic heterocycles. The van der Waals surface area contributed by atoms with E-state index in [9.17, 15) is 4.79 Å². The first-order valence-electron chi connectivity index (χ1n) is 9.38. The number of nitrogens with zero attached hydrogens (tertiary/aromatic N) is 4. The molecule has 0 aliphatic carbocycles. The predicted octanol–water partition coefficient (Wildman–Crippen LogP) is 3.67. The Morgan fingerprint density at radius 3 is 2.82 bits per heavy atom. The third-order valence-electron chi connectivity index (χ3n) is 5.12. The number of aromatic nitrogens is 3. The summed E-state index contributed by atoms with van der Waals surface area (Å²) in [6, 6.07) is 13.1. The molecule has 28 heavy (non-hydrogen) atoms. The van der Waals surface area contributed by atoms with Gasteiger partial charge in [0.2, 0.25) is 0 Å². The summed E-state index contributed by atoms with van der Waals surface area (Å²) in [5.74, 6) is 0.340. The maximum atomic E-state index is 13.1. The molecule has 0 radical (unpaired) electrons. The Kier molecular flexibility index (Phi) is 4.66. The number of carbonyl (C=O) groups excluding carboxylic acids is 1. The van der Waals surface area contributed by atoms with Crippen molar-refractivity contribution >= 4 is 5.91 Å². The van der Waals surface area contributed by atoms with Crippen LogP contribution >= 0.6 is 0 Å². The maximum Gasteiger partial charge on any atom is 0.254 e. The third kappa shape index (κ3) is 3.27. The molecule has 0 atom stereocenters. The van der Waals surface area contributed by atoms with E-state index in [1.165, 1.54) is 0 Å². The number of benzene rings is 1. The van der Waals surface area contributed by atoms with Crippen LogP contribution in [0.15, 0.2) is 42.6 Å². The van der Waals surface area contributed by atoms with Gasteiger partial charge in [0.1, 0.15) is 11.8 Å². The summed E-state index contributed by atoms with van der Waals surface area (Å²) in [7, 11) is 0. The molecule has 0 saturated carbocycles. The van der Waals surface area contributed by atoms with Crippen LogP contribution in [0.1, 0.15) is 52.8 Å². The normalized spacial score (nSPS) is 13.3. The summed E-state index contributed by atoms with van der Waals surface area (Å²) in [5.41, 5.74) is 6.16. The second kappa shape index (κ2) is 7.28. The van der Waals surface area contributed by atoms with Crippen molar-refractivity contribution < 1.29 is 4.79 Å². The zero-order chi connectivity index (χ0) is 19.7. The first-order valence-corrected chi connectivity index (χ1v) is 9.38. The number of nitrogens with one attached hydrogen (secondary N) is 1. The number of nitriles is 1. The first kappa shape index (κ1) is 17.9. The summed E-state index contributed by atoms with van der Waals surface area (Å²) in [6.45, 7) is 5.49. The van der Waals surface area contributed by atoms with Crippen molar-refractivity contribution in [2.24, 2.45) is 0 Å². The van der Waals surface area contributed by atoms with Gasteiger partial charge in [-0.1, -0.05) is 26.0 Å². The van der Waals surface area contributed by atoms with Crippen LogP contribution in [-0.2, 0) is 13.0 Å². The molecule has 0 fully saturated rings. The molecule has 1 aliphatic rings. The van der Waals surface area contributed by atoms with Gasteiger partial charge in [-0.25, -0.2) is 4.98 Å². The molecule has 6 heteroatoms. The molecule has 6 nitrogen and oxygen atoms in total. The molecule has 1 N–H and O–H groups in total. The second-order valence-electron chi connectivity index (χ2n) is 7.32. The number of aromatic amines is 1. The van der Waals surface area contributed by atoms with Crippen LogP contribution < -0.4 is 0 Å². The van der Waals surface area contributed by atoms with Crippen molar-refractivity contribution in [2.45, 2.75) is 32.7 Å². The summed E-state index contributed by atoms with van der Waals surface area (Å²) < 4.78 is 0. The summed E-state index contributed by atoms with van der Waals surface area (Å²) in [4.78, 5) is 19.1. The molecule has 0 saturated heterocycles. The van der Waals surface area contributed by atoms with E-state index < -0.39 is 0 Å². The number of carbonyl (C=O) groups is 1.